The third kappa shape index (κ3) is 5.23. The Bertz CT molecular complexity index is 873. The van der Waals surface area contributed by atoms with E-state index in [1.165, 1.54) is 24.3 Å². The van der Waals surface area contributed by atoms with Gasteiger partial charge in [-0.25, -0.2) is 8.78 Å². The highest BCUT2D eigenvalue weighted by Crippen LogP contribution is 2.08. The lowest BCUT2D eigenvalue weighted by Crippen LogP contribution is -2.24. The molecule has 0 aliphatic rings. The largest absolute Gasteiger partial charge is 0.348 e. The highest BCUT2D eigenvalue weighted by atomic mass is 19.1. The van der Waals surface area contributed by atoms with Crippen LogP contribution in [0.4, 0.5) is 8.78 Å². The molecule has 6 heteroatoms. The molecule has 3 aromatic carbocycles. The summed E-state index contributed by atoms with van der Waals surface area (Å²) in [5, 5.41) is 5.48. The zero-order valence-electron chi connectivity index (χ0n) is 14.9. The van der Waals surface area contributed by atoms with Gasteiger partial charge in [0.25, 0.3) is 11.8 Å². The molecule has 0 aliphatic carbocycles. The van der Waals surface area contributed by atoms with E-state index in [0.717, 1.165) is 11.1 Å². The Hall–Kier alpha value is -3.54. The van der Waals surface area contributed by atoms with Crippen LogP contribution < -0.4 is 10.6 Å². The molecule has 0 bridgehead atoms. The van der Waals surface area contributed by atoms with Gasteiger partial charge in [0.05, 0.1) is 0 Å². The summed E-state index contributed by atoms with van der Waals surface area (Å²) in [5.74, 6) is -1.24. The van der Waals surface area contributed by atoms with E-state index in [0.29, 0.717) is 11.1 Å². The lowest BCUT2D eigenvalue weighted by molar-refractivity contribution is 0.0939. The predicted molar refractivity (Wildman–Crippen MR) is 102 cm³/mol. The van der Waals surface area contributed by atoms with Gasteiger partial charge in [0, 0.05) is 24.2 Å². The topological polar surface area (TPSA) is 58.2 Å². The third-order valence-corrected chi connectivity index (χ3v) is 4.14. The van der Waals surface area contributed by atoms with E-state index in [1.54, 1.807) is 48.5 Å². The smallest absolute Gasteiger partial charge is 0.251 e. The van der Waals surface area contributed by atoms with E-state index in [-0.39, 0.29) is 36.5 Å². The lowest BCUT2D eigenvalue weighted by atomic mass is 10.1. The molecule has 4 nitrogen and oxygen atoms in total. The molecular formula is C22H18F2N2O2. The highest BCUT2D eigenvalue weighted by molar-refractivity contribution is 5.97. The molecule has 3 aromatic rings. The van der Waals surface area contributed by atoms with Crippen LogP contribution in [0.1, 0.15) is 31.8 Å². The summed E-state index contributed by atoms with van der Waals surface area (Å²) in [6, 6.07) is 18.0. The second kappa shape index (κ2) is 8.90. The highest BCUT2D eigenvalue weighted by Gasteiger charge is 2.09. The summed E-state index contributed by atoms with van der Waals surface area (Å²) < 4.78 is 25.8. The molecule has 0 spiro atoms. The molecule has 0 aliphatic heterocycles. The second-order valence-electron chi connectivity index (χ2n) is 6.20. The van der Waals surface area contributed by atoms with Crippen molar-refractivity contribution in [1.29, 1.82) is 0 Å². The number of benzene rings is 3. The van der Waals surface area contributed by atoms with Gasteiger partial charge in [0.15, 0.2) is 0 Å². The van der Waals surface area contributed by atoms with Crippen molar-refractivity contribution >= 4 is 11.8 Å². The van der Waals surface area contributed by atoms with Crippen molar-refractivity contribution < 1.29 is 18.4 Å². The maximum absolute atomic E-state index is 12.9. The number of carbonyl (C=O) groups is 2. The number of hydrogen-bond donors (Lipinski definition) is 2. The molecule has 142 valence electrons. The summed E-state index contributed by atoms with van der Waals surface area (Å²) in [7, 11) is 0. The minimum Gasteiger partial charge on any atom is -0.348 e. The number of amides is 2. The maximum Gasteiger partial charge on any atom is 0.251 e. The van der Waals surface area contributed by atoms with Crippen LogP contribution in [0.5, 0.6) is 0 Å². The van der Waals surface area contributed by atoms with Crippen LogP contribution in [0.2, 0.25) is 0 Å². The van der Waals surface area contributed by atoms with Gasteiger partial charge in [-0.1, -0.05) is 24.3 Å². The van der Waals surface area contributed by atoms with E-state index in [9.17, 15) is 18.4 Å². The molecule has 0 aromatic heterocycles. The number of hydrogen-bond acceptors (Lipinski definition) is 2. The van der Waals surface area contributed by atoms with Crippen LogP contribution in [-0.2, 0) is 13.1 Å². The summed E-state index contributed by atoms with van der Waals surface area (Å²) in [6.45, 7) is 0.554. The van der Waals surface area contributed by atoms with Crippen LogP contribution >= 0.6 is 0 Å². The maximum atomic E-state index is 12.9. The Kier molecular flexibility index (Phi) is 6.11. The van der Waals surface area contributed by atoms with Crippen LogP contribution in [-0.4, -0.2) is 11.8 Å². The van der Waals surface area contributed by atoms with Crippen LogP contribution in [0.25, 0.3) is 0 Å². The van der Waals surface area contributed by atoms with Crippen molar-refractivity contribution in [3.8, 4) is 0 Å². The predicted octanol–water partition coefficient (Wildman–Crippen LogP) is 3.82. The number of rotatable bonds is 6. The second-order valence-corrected chi connectivity index (χ2v) is 6.20. The molecule has 0 unspecified atom stereocenters. The average molecular weight is 380 g/mol. The van der Waals surface area contributed by atoms with Crippen molar-refractivity contribution in [3.63, 3.8) is 0 Å². The monoisotopic (exact) mass is 380 g/mol. The molecule has 28 heavy (non-hydrogen) atoms. The average Bonchev–Trinajstić information content (AvgIpc) is 2.72. The fraction of sp³-hybridized carbons (Fsp3) is 0.0909. The van der Waals surface area contributed by atoms with E-state index in [1.807, 2.05) is 0 Å². The van der Waals surface area contributed by atoms with Gasteiger partial charge in [0.2, 0.25) is 0 Å². The number of nitrogens with one attached hydrogen (secondary N) is 2. The Morgan fingerprint density at radius 2 is 0.893 bits per heavy atom. The molecular weight excluding hydrogens is 362 g/mol. The van der Waals surface area contributed by atoms with Gasteiger partial charge >= 0.3 is 0 Å². The van der Waals surface area contributed by atoms with Gasteiger partial charge < -0.3 is 10.6 Å². The molecule has 3 rings (SSSR count). The van der Waals surface area contributed by atoms with Crippen molar-refractivity contribution in [2.75, 3.05) is 0 Å². The molecule has 0 fully saturated rings. The molecule has 2 amide bonds. The Balaban J connectivity index is 1.53. The first kappa shape index (κ1) is 19.2. The molecule has 0 heterocycles. The molecule has 0 saturated carbocycles. The van der Waals surface area contributed by atoms with Crippen molar-refractivity contribution in [3.05, 3.63) is 107 Å². The normalized spacial score (nSPS) is 10.4. The van der Waals surface area contributed by atoms with Crippen LogP contribution in [0.15, 0.2) is 72.8 Å². The molecule has 0 radical (unpaired) electrons. The van der Waals surface area contributed by atoms with Gasteiger partial charge in [-0.05, 0) is 59.7 Å². The van der Waals surface area contributed by atoms with Crippen LogP contribution in [0.3, 0.4) is 0 Å². The van der Waals surface area contributed by atoms with E-state index >= 15 is 0 Å². The van der Waals surface area contributed by atoms with Crippen molar-refractivity contribution in [1.82, 2.24) is 10.6 Å². The first-order valence-electron chi connectivity index (χ1n) is 8.66. The molecule has 2 N–H and O–H groups in total. The zero-order chi connectivity index (χ0) is 19.9. The van der Waals surface area contributed by atoms with Gasteiger partial charge in [0.1, 0.15) is 11.6 Å². The SMILES string of the molecule is O=C(NCc1ccc(F)cc1)c1ccc(C(=O)NCc2ccc(F)cc2)cc1. The van der Waals surface area contributed by atoms with Crippen molar-refractivity contribution in [2.24, 2.45) is 0 Å². The van der Waals surface area contributed by atoms with Gasteiger partial charge in [-0.15, -0.1) is 0 Å². The van der Waals surface area contributed by atoms with Crippen LogP contribution in [0, 0.1) is 11.6 Å². The lowest BCUT2D eigenvalue weighted by Gasteiger charge is -2.08. The Morgan fingerprint density at radius 3 is 1.21 bits per heavy atom. The quantitative estimate of drug-likeness (QED) is 0.683. The van der Waals surface area contributed by atoms with Crippen molar-refractivity contribution in [2.45, 2.75) is 13.1 Å². The minimum atomic E-state index is -0.330. The van der Waals surface area contributed by atoms with E-state index < -0.39 is 0 Å². The van der Waals surface area contributed by atoms with E-state index in [4.69, 9.17) is 0 Å². The zero-order valence-corrected chi connectivity index (χ0v) is 14.9. The summed E-state index contributed by atoms with van der Waals surface area (Å²) in [4.78, 5) is 24.4. The summed E-state index contributed by atoms with van der Waals surface area (Å²) >= 11 is 0. The molecule has 0 atom stereocenters. The van der Waals surface area contributed by atoms with E-state index in [2.05, 4.69) is 10.6 Å². The first-order chi connectivity index (χ1) is 13.5. The standard InChI is InChI=1S/C22H18F2N2O2/c23-19-9-1-15(2-10-19)13-25-21(27)17-5-7-18(8-6-17)22(28)26-14-16-3-11-20(24)12-4-16/h1-12H,13-14H2,(H,25,27)(H,26,28). The fourth-order valence-corrected chi connectivity index (χ4v) is 2.55. The van der Waals surface area contributed by atoms with Gasteiger partial charge in [-0.3, -0.25) is 9.59 Å². The summed E-state index contributed by atoms with van der Waals surface area (Å²) in [6.07, 6.45) is 0. The first-order valence-corrected chi connectivity index (χ1v) is 8.66. The molecule has 0 saturated heterocycles. The Morgan fingerprint density at radius 1 is 0.571 bits per heavy atom. The van der Waals surface area contributed by atoms with Gasteiger partial charge in [-0.2, -0.15) is 0 Å². The number of halogens is 2. The fourth-order valence-electron chi connectivity index (χ4n) is 2.55. The Labute approximate surface area is 161 Å². The number of carbonyl (C=O) groups excluding carboxylic acids is 2. The minimum absolute atomic E-state index is 0.277. The third-order valence-electron chi connectivity index (χ3n) is 4.14. The summed E-state index contributed by atoms with van der Waals surface area (Å²) in [5.41, 5.74) is 2.40.